The van der Waals surface area contributed by atoms with E-state index in [-0.39, 0.29) is 23.2 Å². The molecule has 0 radical (unpaired) electrons. The van der Waals surface area contributed by atoms with Crippen LogP contribution in [0.5, 0.6) is 0 Å². The van der Waals surface area contributed by atoms with Gasteiger partial charge in [-0.05, 0) is 42.4 Å². The second-order valence-electron chi connectivity index (χ2n) is 6.52. The van der Waals surface area contributed by atoms with Crippen LogP contribution in [0, 0.1) is 22.0 Å². The molecule has 9 heteroatoms. The predicted octanol–water partition coefficient (Wildman–Crippen LogP) is 1.46. The zero-order chi connectivity index (χ0) is 16.1. The highest BCUT2D eigenvalue weighted by molar-refractivity contribution is 5.72. The summed E-state index contributed by atoms with van der Waals surface area (Å²) >= 11 is 0. The molecule has 2 heterocycles. The second-order valence-corrected chi connectivity index (χ2v) is 6.52. The lowest BCUT2D eigenvalue weighted by Gasteiger charge is -2.41. The van der Waals surface area contributed by atoms with Crippen molar-refractivity contribution in [3.63, 3.8) is 0 Å². The van der Waals surface area contributed by atoms with E-state index in [1.165, 1.54) is 4.57 Å². The molecule has 9 nitrogen and oxygen atoms in total. The summed E-state index contributed by atoms with van der Waals surface area (Å²) in [6.45, 7) is 0. The van der Waals surface area contributed by atoms with E-state index in [1.807, 2.05) is 0 Å². The Labute approximate surface area is 129 Å². The van der Waals surface area contributed by atoms with Crippen molar-refractivity contribution in [1.29, 1.82) is 0 Å². The first kappa shape index (κ1) is 14.2. The molecule has 0 unspecified atom stereocenters. The summed E-state index contributed by atoms with van der Waals surface area (Å²) in [5.74, 6) is 0.342. The zero-order valence-corrected chi connectivity index (χ0v) is 12.4. The number of fused-ring (bicyclic) bond motifs is 1. The Morgan fingerprint density at radius 1 is 1.13 bits per heavy atom. The van der Waals surface area contributed by atoms with Crippen molar-refractivity contribution in [1.82, 2.24) is 19.5 Å². The summed E-state index contributed by atoms with van der Waals surface area (Å²) in [7, 11) is 0. The minimum Gasteiger partial charge on any atom is -0.390 e. The minimum absolute atomic E-state index is 0.0691. The molecule has 2 saturated carbocycles. The lowest BCUT2D eigenvalue weighted by molar-refractivity contribution is -0.397. The first-order chi connectivity index (χ1) is 11.1. The highest BCUT2D eigenvalue weighted by Crippen LogP contribution is 2.49. The van der Waals surface area contributed by atoms with Gasteiger partial charge >= 0.3 is 11.6 Å². The monoisotopic (exact) mass is 319 g/mol. The fourth-order valence-electron chi connectivity index (χ4n) is 3.78. The number of H-pyrrole nitrogens is 2. The molecule has 0 spiro atoms. The molecular weight excluding hydrogens is 302 g/mol. The number of nitrogens with one attached hydrogen (secondary N) is 2. The van der Waals surface area contributed by atoms with Gasteiger partial charge in [-0.25, -0.2) is 9.36 Å². The molecule has 23 heavy (non-hydrogen) atoms. The molecule has 122 valence electrons. The van der Waals surface area contributed by atoms with Crippen LogP contribution in [0.15, 0.2) is 9.59 Å². The van der Waals surface area contributed by atoms with E-state index in [9.17, 15) is 19.7 Å². The summed E-state index contributed by atoms with van der Waals surface area (Å²) < 4.78 is 1.51. The third kappa shape index (κ3) is 2.10. The molecule has 0 aliphatic heterocycles. The van der Waals surface area contributed by atoms with E-state index in [4.69, 9.17) is 0 Å². The van der Waals surface area contributed by atoms with Crippen LogP contribution in [-0.4, -0.2) is 24.4 Å². The summed E-state index contributed by atoms with van der Waals surface area (Å²) in [6, 6.07) is -0.0691. The van der Waals surface area contributed by atoms with Crippen LogP contribution >= 0.6 is 0 Å². The van der Waals surface area contributed by atoms with Crippen molar-refractivity contribution in [3.05, 3.63) is 31.0 Å². The summed E-state index contributed by atoms with van der Waals surface area (Å²) in [5, 5.41) is 11.5. The van der Waals surface area contributed by atoms with Crippen molar-refractivity contribution < 1.29 is 4.92 Å². The standard InChI is InChI=1S/C14H17N5O4/c20-12-9-11(16-13(21)17-12)18(14(15-9)19(22)23)10(7-3-1-4-7)8-5-2-6-8/h7-8,10H,1-6H2,(H2,16,17,20,21). The van der Waals surface area contributed by atoms with Gasteiger partial charge in [-0.3, -0.25) is 14.8 Å². The van der Waals surface area contributed by atoms with Crippen molar-refractivity contribution in [2.45, 2.75) is 44.6 Å². The number of hydrogen-bond acceptors (Lipinski definition) is 5. The summed E-state index contributed by atoms with van der Waals surface area (Å²) in [5.41, 5.74) is -1.25. The van der Waals surface area contributed by atoms with Gasteiger partial charge in [0.15, 0.2) is 0 Å². The van der Waals surface area contributed by atoms with Gasteiger partial charge in [0.1, 0.15) is 0 Å². The number of rotatable bonds is 4. The third-order valence-electron chi connectivity index (χ3n) is 5.29. The molecule has 2 aliphatic rings. The Bertz CT molecular complexity index is 873. The van der Waals surface area contributed by atoms with Gasteiger partial charge in [0.25, 0.3) is 11.1 Å². The highest BCUT2D eigenvalue weighted by Gasteiger charge is 2.43. The lowest BCUT2D eigenvalue weighted by atomic mass is 9.68. The Morgan fingerprint density at radius 2 is 1.74 bits per heavy atom. The largest absolute Gasteiger partial charge is 0.437 e. The molecular formula is C14H17N5O4. The van der Waals surface area contributed by atoms with Gasteiger partial charge in [-0.1, -0.05) is 17.8 Å². The molecule has 2 aliphatic carbocycles. The van der Waals surface area contributed by atoms with Gasteiger partial charge in [-0.15, -0.1) is 0 Å². The van der Waals surface area contributed by atoms with Crippen molar-refractivity contribution in [2.24, 2.45) is 11.8 Å². The minimum atomic E-state index is -0.688. The smallest absolute Gasteiger partial charge is 0.390 e. The van der Waals surface area contributed by atoms with Crippen molar-refractivity contribution in [3.8, 4) is 0 Å². The number of nitrogens with zero attached hydrogens (tertiary/aromatic N) is 3. The SMILES string of the molecule is O=c1[nH]c(=O)c2nc([N+](=O)[O-])n(C(C3CCC3)C3CCC3)c2[nH]1. The van der Waals surface area contributed by atoms with Crippen LogP contribution in [0.4, 0.5) is 5.95 Å². The number of aromatic amines is 2. The van der Waals surface area contributed by atoms with Gasteiger partial charge in [0.2, 0.25) is 5.65 Å². The number of nitro groups is 1. The molecule has 2 fully saturated rings. The van der Waals surface area contributed by atoms with E-state index in [0.29, 0.717) is 11.8 Å². The van der Waals surface area contributed by atoms with E-state index in [2.05, 4.69) is 15.0 Å². The first-order valence-corrected chi connectivity index (χ1v) is 7.95. The van der Waals surface area contributed by atoms with Crippen LogP contribution in [0.25, 0.3) is 11.2 Å². The van der Waals surface area contributed by atoms with Crippen LogP contribution in [0.1, 0.15) is 44.6 Å². The molecule has 2 aromatic heterocycles. The average molecular weight is 319 g/mol. The van der Waals surface area contributed by atoms with Crippen molar-refractivity contribution in [2.75, 3.05) is 0 Å². The molecule has 0 bridgehead atoms. The first-order valence-electron chi connectivity index (χ1n) is 7.95. The molecule has 2 N–H and O–H groups in total. The summed E-state index contributed by atoms with van der Waals surface area (Å²) in [4.78, 5) is 43.0. The third-order valence-corrected chi connectivity index (χ3v) is 5.29. The molecule has 0 atom stereocenters. The maximum absolute atomic E-state index is 11.9. The highest BCUT2D eigenvalue weighted by atomic mass is 16.6. The van der Waals surface area contributed by atoms with Gasteiger partial charge in [0, 0.05) is 0 Å². The second kappa shape index (κ2) is 5.04. The van der Waals surface area contributed by atoms with Crippen LogP contribution < -0.4 is 11.2 Å². The van der Waals surface area contributed by atoms with Gasteiger partial charge in [-0.2, -0.15) is 0 Å². The molecule has 4 rings (SSSR count). The number of imidazole rings is 1. The fraction of sp³-hybridized carbons (Fsp3) is 0.643. The molecule has 0 amide bonds. The van der Waals surface area contributed by atoms with Crippen LogP contribution in [0.2, 0.25) is 0 Å². The Balaban J connectivity index is 1.98. The lowest BCUT2D eigenvalue weighted by Crippen LogP contribution is -2.35. The topological polar surface area (TPSA) is 127 Å². The maximum Gasteiger partial charge on any atom is 0.437 e. The average Bonchev–Trinajstić information content (AvgIpc) is 2.73. The Kier molecular flexibility index (Phi) is 3.10. The zero-order valence-electron chi connectivity index (χ0n) is 12.4. The van der Waals surface area contributed by atoms with Crippen LogP contribution in [0.3, 0.4) is 0 Å². The van der Waals surface area contributed by atoms with E-state index in [1.54, 1.807) is 0 Å². The van der Waals surface area contributed by atoms with Gasteiger partial charge in [0.05, 0.1) is 6.04 Å². The Hall–Kier alpha value is -2.45. The fourth-order valence-corrected chi connectivity index (χ4v) is 3.78. The predicted molar refractivity (Wildman–Crippen MR) is 81.3 cm³/mol. The Morgan fingerprint density at radius 3 is 2.22 bits per heavy atom. The molecule has 2 aromatic rings. The summed E-state index contributed by atoms with van der Waals surface area (Å²) in [6.07, 6.45) is 6.31. The van der Waals surface area contributed by atoms with Gasteiger partial charge < -0.3 is 10.1 Å². The normalized spacial score (nSPS) is 19.0. The maximum atomic E-state index is 11.9. The number of aromatic nitrogens is 4. The van der Waals surface area contributed by atoms with E-state index in [0.717, 1.165) is 38.5 Å². The quantitative estimate of drug-likeness (QED) is 0.651. The number of hydrogen-bond donors (Lipinski definition) is 2. The van der Waals surface area contributed by atoms with E-state index >= 15 is 0 Å². The van der Waals surface area contributed by atoms with E-state index < -0.39 is 16.2 Å². The van der Waals surface area contributed by atoms with Crippen LogP contribution in [-0.2, 0) is 0 Å². The van der Waals surface area contributed by atoms with Crippen molar-refractivity contribution >= 4 is 17.1 Å². The molecule has 0 aromatic carbocycles. The molecule has 0 saturated heterocycles.